The molecule has 0 fully saturated rings. The molecule has 1 rings (SSSR count). The molecule has 1 aromatic rings. The molecular weight excluding hydrogens is 430 g/mol. The Morgan fingerprint density at radius 1 is 1.33 bits per heavy atom. The first-order valence-corrected chi connectivity index (χ1v) is 7.64. The third-order valence-corrected chi connectivity index (χ3v) is 4.00. The van der Waals surface area contributed by atoms with E-state index in [9.17, 15) is 4.79 Å². The monoisotopic (exact) mass is 439 g/mol. The Labute approximate surface area is 131 Å². The molecule has 0 unspecified atom stereocenters. The van der Waals surface area contributed by atoms with Crippen LogP contribution in [0.25, 0.3) is 0 Å². The number of rotatable bonds is 5. The second kappa shape index (κ2) is 7.31. The molecule has 0 spiro atoms. The quantitative estimate of drug-likeness (QED) is 0.645. The van der Waals surface area contributed by atoms with E-state index >= 15 is 0 Å². The first kappa shape index (κ1) is 15.7. The van der Waals surface area contributed by atoms with E-state index in [-0.39, 0.29) is 0 Å². The number of halogens is 3. The Kier molecular flexibility index (Phi) is 6.38. The van der Waals surface area contributed by atoms with E-state index < -0.39 is 5.97 Å². The summed E-state index contributed by atoms with van der Waals surface area (Å²) in [6.07, 6.45) is 2.20. The zero-order valence-corrected chi connectivity index (χ0v) is 14.4. The van der Waals surface area contributed by atoms with Gasteiger partial charge < -0.3 is 10.4 Å². The lowest BCUT2D eigenvalue weighted by molar-refractivity contribution is -0.132. The van der Waals surface area contributed by atoms with Gasteiger partial charge in [0.15, 0.2) is 0 Å². The van der Waals surface area contributed by atoms with Gasteiger partial charge in [-0.3, -0.25) is 0 Å². The third kappa shape index (κ3) is 4.40. The van der Waals surface area contributed by atoms with E-state index in [1.54, 1.807) is 6.08 Å². The van der Waals surface area contributed by atoms with Crippen molar-refractivity contribution in [1.82, 2.24) is 0 Å². The lowest BCUT2D eigenvalue weighted by atomic mass is 10.2. The van der Waals surface area contributed by atoms with Gasteiger partial charge in [0.1, 0.15) is 0 Å². The molecule has 98 valence electrons. The van der Waals surface area contributed by atoms with E-state index in [4.69, 9.17) is 5.11 Å². The summed E-state index contributed by atoms with van der Waals surface area (Å²) >= 11 is 10.3. The number of anilines is 1. The maximum Gasteiger partial charge on any atom is 0.331 e. The van der Waals surface area contributed by atoms with Crippen molar-refractivity contribution in [3.05, 3.63) is 37.2 Å². The molecule has 0 aromatic heterocycles. The van der Waals surface area contributed by atoms with Crippen molar-refractivity contribution in [2.45, 2.75) is 13.3 Å². The second-order valence-corrected chi connectivity index (χ2v) is 6.14. The van der Waals surface area contributed by atoms with Gasteiger partial charge in [-0.15, -0.1) is 0 Å². The van der Waals surface area contributed by atoms with Crippen LogP contribution in [0.5, 0.6) is 0 Å². The zero-order chi connectivity index (χ0) is 13.7. The largest absolute Gasteiger partial charge is 0.478 e. The average molecular weight is 442 g/mol. The van der Waals surface area contributed by atoms with Crippen molar-refractivity contribution in [2.75, 3.05) is 11.9 Å². The molecule has 1 aromatic carbocycles. The van der Waals surface area contributed by atoms with Gasteiger partial charge in [-0.1, -0.05) is 28.9 Å². The van der Waals surface area contributed by atoms with Crippen molar-refractivity contribution in [3.8, 4) is 0 Å². The van der Waals surface area contributed by atoms with Crippen molar-refractivity contribution < 1.29 is 9.90 Å². The van der Waals surface area contributed by atoms with E-state index in [1.165, 1.54) is 0 Å². The zero-order valence-electron chi connectivity index (χ0n) is 9.64. The number of hydrogen-bond acceptors (Lipinski definition) is 2. The Hall–Kier alpha value is -0.330. The minimum atomic E-state index is -0.867. The summed E-state index contributed by atoms with van der Waals surface area (Å²) in [6.45, 7) is 2.29. The van der Waals surface area contributed by atoms with Crippen LogP contribution in [0.15, 0.2) is 37.2 Å². The first-order valence-electron chi connectivity index (χ1n) is 5.26. The Balaban J connectivity index is 2.78. The number of carboxylic acids is 1. The maximum absolute atomic E-state index is 10.8. The van der Waals surface area contributed by atoms with Gasteiger partial charge in [0.25, 0.3) is 0 Å². The van der Waals surface area contributed by atoms with Crippen LogP contribution in [-0.4, -0.2) is 17.6 Å². The molecule has 0 aliphatic carbocycles. The standard InChI is InChI=1S/C12H12Br3NO2/c1-2-7(12(17)18)3-4-16-11-9(14)5-8(13)6-10(11)15/h3,5-6,16H,2,4H2,1H3,(H,17,18). The predicted molar refractivity (Wildman–Crippen MR) is 84.0 cm³/mol. The van der Waals surface area contributed by atoms with Gasteiger partial charge >= 0.3 is 5.97 Å². The fourth-order valence-electron chi connectivity index (χ4n) is 1.37. The number of aliphatic carboxylic acids is 1. The molecule has 0 bridgehead atoms. The molecule has 3 nitrogen and oxygen atoms in total. The minimum Gasteiger partial charge on any atom is -0.478 e. The summed E-state index contributed by atoms with van der Waals surface area (Å²) in [6, 6.07) is 3.85. The Morgan fingerprint density at radius 3 is 2.33 bits per heavy atom. The number of hydrogen-bond donors (Lipinski definition) is 2. The highest BCUT2D eigenvalue weighted by Crippen LogP contribution is 2.34. The number of carboxylic acid groups (broad SMARTS) is 1. The molecule has 0 atom stereocenters. The fourth-order valence-corrected chi connectivity index (χ4v) is 3.91. The second-order valence-electron chi connectivity index (χ2n) is 3.51. The summed E-state index contributed by atoms with van der Waals surface area (Å²) in [4.78, 5) is 10.8. The summed E-state index contributed by atoms with van der Waals surface area (Å²) in [5.74, 6) is -0.867. The Morgan fingerprint density at radius 2 is 1.89 bits per heavy atom. The van der Waals surface area contributed by atoms with Crippen molar-refractivity contribution >= 4 is 59.4 Å². The van der Waals surface area contributed by atoms with Crippen LogP contribution in [0.4, 0.5) is 5.69 Å². The van der Waals surface area contributed by atoms with Gasteiger partial charge in [0, 0.05) is 25.5 Å². The van der Waals surface area contributed by atoms with Gasteiger partial charge in [-0.05, 0) is 50.4 Å². The van der Waals surface area contributed by atoms with Crippen LogP contribution in [0, 0.1) is 0 Å². The van der Waals surface area contributed by atoms with Crippen molar-refractivity contribution in [2.24, 2.45) is 0 Å². The highest BCUT2D eigenvalue weighted by atomic mass is 79.9. The fraction of sp³-hybridized carbons (Fsp3) is 0.250. The molecule has 0 aliphatic rings. The molecular formula is C12H12Br3NO2. The minimum absolute atomic E-state index is 0.409. The van der Waals surface area contributed by atoms with E-state index in [2.05, 4.69) is 53.1 Å². The average Bonchev–Trinajstić information content (AvgIpc) is 2.26. The highest BCUT2D eigenvalue weighted by Gasteiger charge is 2.07. The molecule has 0 amide bonds. The summed E-state index contributed by atoms with van der Waals surface area (Å²) < 4.78 is 2.78. The van der Waals surface area contributed by atoms with Gasteiger partial charge in [-0.25, -0.2) is 4.79 Å². The van der Waals surface area contributed by atoms with Crippen molar-refractivity contribution in [3.63, 3.8) is 0 Å². The molecule has 0 saturated heterocycles. The van der Waals surface area contributed by atoms with Crippen LogP contribution < -0.4 is 5.32 Å². The molecule has 0 heterocycles. The molecule has 6 heteroatoms. The molecule has 0 saturated carbocycles. The first-order chi connectivity index (χ1) is 8.45. The van der Waals surface area contributed by atoms with Crippen LogP contribution in [0.1, 0.15) is 13.3 Å². The summed E-state index contributed by atoms with van der Waals surface area (Å²) in [5, 5.41) is 12.1. The van der Waals surface area contributed by atoms with Crippen molar-refractivity contribution in [1.29, 1.82) is 0 Å². The van der Waals surface area contributed by atoms with Crippen LogP contribution in [0.3, 0.4) is 0 Å². The third-order valence-electron chi connectivity index (χ3n) is 2.29. The normalized spacial score (nSPS) is 11.4. The highest BCUT2D eigenvalue weighted by molar-refractivity contribution is 9.11. The van der Waals surface area contributed by atoms with Gasteiger partial charge in [-0.2, -0.15) is 0 Å². The molecule has 2 N–H and O–H groups in total. The SMILES string of the molecule is CCC(=CCNc1c(Br)cc(Br)cc1Br)C(=O)O. The lowest BCUT2D eigenvalue weighted by Crippen LogP contribution is -2.05. The number of nitrogens with one attached hydrogen (secondary N) is 1. The topological polar surface area (TPSA) is 49.3 Å². The molecule has 0 radical (unpaired) electrons. The van der Waals surface area contributed by atoms with Crippen LogP contribution in [-0.2, 0) is 4.79 Å². The van der Waals surface area contributed by atoms with E-state index in [1.807, 2.05) is 19.1 Å². The Bertz CT molecular complexity index is 463. The van der Waals surface area contributed by atoms with Gasteiger partial charge in [0.05, 0.1) is 5.69 Å². The summed E-state index contributed by atoms with van der Waals surface area (Å²) in [5.41, 5.74) is 1.31. The van der Waals surface area contributed by atoms with E-state index in [0.717, 1.165) is 19.1 Å². The van der Waals surface area contributed by atoms with Crippen LogP contribution >= 0.6 is 47.8 Å². The van der Waals surface area contributed by atoms with Crippen LogP contribution in [0.2, 0.25) is 0 Å². The lowest BCUT2D eigenvalue weighted by Gasteiger charge is -2.10. The molecule has 18 heavy (non-hydrogen) atoms. The smallest absolute Gasteiger partial charge is 0.331 e. The number of benzene rings is 1. The van der Waals surface area contributed by atoms with E-state index in [0.29, 0.717) is 18.5 Å². The number of carbonyl (C=O) groups is 1. The maximum atomic E-state index is 10.8. The predicted octanol–water partition coefficient (Wildman–Crippen LogP) is 4.81. The molecule has 0 aliphatic heterocycles. The van der Waals surface area contributed by atoms with Gasteiger partial charge in [0.2, 0.25) is 0 Å². The summed E-state index contributed by atoms with van der Waals surface area (Å²) in [7, 11) is 0.